The Morgan fingerprint density at radius 1 is 0.327 bits per heavy atom. The van der Waals surface area contributed by atoms with E-state index in [1.54, 1.807) is 0 Å². The highest BCUT2D eigenvalue weighted by atomic mass is 16.3. The van der Waals surface area contributed by atoms with Gasteiger partial charge in [0.05, 0.1) is 11.4 Å². The van der Waals surface area contributed by atoms with Crippen molar-refractivity contribution in [3.05, 3.63) is 194 Å². The van der Waals surface area contributed by atoms with Gasteiger partial charge in [-0.3, -0.25) is 0 Å². The molecule has 0 spiro atoms. The molecule has 232 valence electrons. The quantitative estimate of drug-likeness (QED) is 0.175. The Labute approximate surface area is 285 Å². The van der Waals surface area contributed by atoms with Crippen LogP contribution >= 0.6 is 0 Å². The molecule has 0 fully saturated rings. The molecule has 9 rings (SSSR count). The van der Waals surface area contributed by atoms with Crippen molar-refractivity contribution in [3.8, 4) is 11.3 Å². The van der Waals surface area contributed by atoms with Crippen LogP contribution in [0.15, 0.2) is 199 Å². The number of benzene rings is 8. The van der Waals surface area contributed by atoms with Crippen LogP contribution in [0, 0.1) is 0 Å². The summed E-state index contributed by atoms with van der Waals surface area (Å²) in [6.45, 7) is 0. The molecule has 3 heteroatoms. The summed E-state index contributed by atoms with van der Waals surface area (Å²) in [5.41, 5.74) is 8.53. The maximum atomic E-state index is 6.47. The van der Waals surface area contributed by atoms with Crippen LogP contribution in [0.5, 0.6) is 0 Å². The highest BCUT2D eigenvalue weighted by Crippen LogP contribution is 2.42. The molecule has 0 aliphatic heterocycles. The van der Waals surface area contributed by atoms with Crippen molar-refractivity contribution in [1.82, 2.24) is 0 Å². The second-order valence-corrected chi connectivity index (χ2v) is 12.2. The fraction of sp³-hybridized carbons (Fsp3) is 0. The van der Waals surface area contributed by atoms with E-state index in [-0.39, 0.29) is 0 Å². The summed E-state index contributed by atoms with van der Waals surface area (Å²) in [7, 11) is 0. The predicted molar refractivity (Wildman–Crippen MR) is 206 cm³/mol. The molecule has 9 aromatic rings. The number of hydrogen-bond acceptors (Lipinski definition) is 3. The minimum atomic E-state index is 0.839. The van der Waals surface area contributed by atoms with Crippen LogP contribution in [0.4, 0.5) is 34.1 Å². The number of rotatable bonds is 7. The molecule has 0 radical (unpaired) electrons. The molecule has 1 aromatic heterocycles. The molecule has 0 amide bonds. The number of para-hydroxylation sites is 2. The largest absolute Gasteiger partial charge is 0.456 e. The average Bonchev–Trinajstić information content (AvgIpc) is 3.60. The van der Waals surface area contributed by atoms with Gasteiger partial charge in [-0.2, -0.15) is 0 Å². The SMILES string of the molecule is c1ccc(N(c2ccc(-c3cc4cc(N(c5ccccc5)c5cccc6ccccc56)ccc4o3)cc2)c2cccc3ccccc23)cc1. The van der Waals surface area contributed by atoms with E-state index in [9.17, 15) is 0 Å². The van der Waals surface area contributed by atoms with Crippen LogP contribution in [0.25, 0.3) is 43.8 Å². The van der Waals surface area contributed by atoms with Gasteiger partial charge < -0.3 is 14.2 Å². The van der Waals surface area contributed by atoms with Crippen molar-refractivity contribution in [1.29, 1.82) is 0 Å². The zero-order valence-corrected chi connectivity index (χ0v) is 26.8. The summed E-state index contributed by atoms with van der Waals surface area (Å²) >= 11 is 0. The van der Waals surface area contributed by atoms with Crippen molar-refractivity contribution < 1.29 is 4.42 Å². The standard InChI is InChI=1S/C46H32N2O/c1-3-17-37(18-4-1)47(43-23-11-15-33-13-7-9-21-41(33)43)39-27-25-35(26-28-39)46-32-36-31-40(29-30-45(36)49-46)48(38-19-5-2-6-20-38)44-24-12-16-34-14-8-10-22-42(34)44/h1-32H. The average molecular weight is 629 g/mol. The summed E-state index contributed by atoms with van der Waals surface area (Å²) in [5.74, 6) is 0.839. The monoisotopic (exact) mass is 628 g/mol. The molecule has 0 unspecified atom stereocenters. The third-order valence-electron chi connectivity index (χ3n) is 9.21. The van der Waals surface area contributed by atoms with E-state index in [0.29, 0.717) is 0 Å². The smallest absolute Gasteiger partial charge is 0.135 e. The zero-order valence-electron chi connectivity index (χ0n) is 26.8. The lowest BCUT2D eigenvalue weighted by Crippen LogP contribution is -2.10. The fourth-order valence-corrected chi connectivity index (χ4v) is 6.90. The van der Waals surface area contributed by atoms with Crippen LogP contribution in [-0.2, 0) is 0 Å². The Morgan fingerprint density at radius 2 is 0.796 bits per heavy atom. The molecular formula is C46H32N2O. The number of hydrogen-bond donors (Lipinski definition) is 0. The normalized spacial score (nSPS) is 11.3. The van der Waals surface area contributed by atoms with Gasteiger partial charge >= 0.3 is 0 Å². The second-order valence-electron chi connectivity index (χ2n) is 12.2. The van der Waals surface area contributed by atoms with E-state index in [0.717, 1.165) is 56.4 Å². The fourth-order valence-electron chi connectivity index (χ4n) is 6.90. The molecule has 1 heterocycles. The first-order valence-corrected chi connectivity index (χ1v) is 16.6. The lowest BCUT2D eigenvalue weighted by atomic mass is 10.1. The molecule has 0 saturated heterocycles. The van der Waals surface area contributed by atoms with Gasteiger partial charge in [0.25, 0.3) is 0 Å². The summed E-state index contributed by atoms with van der Waals surface area (Å²) in [5, 5.41) is 5.89. The maximum Gasteiger partial charge on any atom is 0.135 e. The first-order valence-electron chi connectivity index (χ1n) is 16.6. The van der Waals surface area contributed by atoms with E-state index in [4.69, 9.17) is 4.42 Å². The highest BCUT2D eigenvalue weighted by molar-refractivity contribution is 6.01. The van der Waals surface area contributed by atoms with Crippen LogP contribution in [-0.4, -0.2) is 0 Å². The van der Waals surface area contributed by atoms with Crippen LogP contribution in [0.3, 0.4) is 0 Å². The van der Waals surface area contributed by atoms with E-state index in [2.05, 4.69) is 204 Å². The zero-order chi connectivity index (χ0) is 32.6. The topological polar surface area (TPSA) is 19.6 Å². The van der Waals surface area contributed by atoms with Crippen molar-refractivity contribution in [2.24, 2.45) is 0 Å². The number of fused-ring (bicyclic) bond motifs is 3. The van der Waals surface area contributed by atoms with Gasteiger partial charge in [0, 0.05) is 44.5 Å². The van der Waals surface area contributed by atoms with Gasteiger partial charge in [0.2, 0.25) is 0 Å². The Hall–Kier alpha value is -6.58. The molecule has 0 N–H and O–H groups in total. The van der Waals surface area contributed by atoms with E-state index in [1.807, 2.05) is 0 Å². The molecule has 3 nitrogen and oxygen atoms in total. The summed E-state index contributed by atoms with van der Waals surface area (Å²) < 4.78 is 6.47. The van der Waals surface area contributed by atoms with Crippen molar-refractivity contribution in [2.75, 3.05) is 9.80 Å². The van der Waals surface area contributed by atoms with Gasteiger partial charge in [-0.25, -0.2) is 0 Å². The molecule has 0 bridgehead atoms. The summed E-state index contributed by atoms with van der Waals surface area (Å²) in [4.78, 5) is 4.65. The minimum Gasteiger partial charge on any atom is -0.456 e. The number of furan rings is 1. The Kier molecular flexibility index (Phi) is 7.14. The van der Waals surface area contributed by atoms with Gasteiger partial charge in [0.15, 0.2) is 0 Å². The summed E-state index contributed by atoms with van der Waals surface area (Å²) in [6.07, 6.45) is 0. The molecule has 0 atom stereocenters. The molecule has 8 aromatic carbocycles. The third kappa shape index (κ3) is 5.28. The molecule has 0 aliphatic rings. The Balaban J connectivity index is 1.10. The predicted octanol–water partition coefficient (Wildman–Crippen LogP) is 13.3. The van der Waals surface area contributed by atoms with Crippen molar-refractivity contribution >= 4 is 66.6 Å². The van der Waals surface area contributed by atoms with E-state index < -0.39 is 0 Å². The van der Waals surface area contributed by atoms with Gasteiger partial charge in [-0.05, 0) is 95.7 Å². The molecule has 0 aliphatic carbocycles. The lowest BCUT2D eigenvalue weighted by Gasteiger charge is -2.27. The first-order chi connectivity index (χ1) is 24.3. The summed E-state index contributed by atoms with van der Waals surface area (Å²) in [6, 6.07) is 68.5. The van der Waals surface area contributed by atoms with Crippen LogP contribution < -0.4 is 9.80 Å². The van der Waals surface area contributed by atoms with E-state index >= 15 is 0 Å². The number of nitrogens with zero attached hydrogens (tertiary/aromatic N) is 2. The van der Waals surface area contributed by atoms with Crippen LogP contribution in [0.1, 0.15) is 0 Å². The lowest BCUT2D eigenvalue weighted by molar-refractivity contribution is 0.631. The second kappa shape index (κ2) is 12.2. The van der Waals surface area contributed by atoms with Gasteiger partial charge in [0.1, 0.15) is 11.3 Å². The molecule has 0 saturated carbocycles. The highest BCUT2D eigenvalue weighted by Gasteiger charge is 2.18. The minimum absolute atomic E-state index is 0.839. The van der Waals surface area contributed by atoms with Gasteiger partial charge in [-0.1, -0.05) is 109 Å². The number of anilines is 6. The maximum absolute atomic E-state index is 6.47. The van der Waals surface area contributed by atoms with Crippen LogP contribution in [0.2, 0.25) is 0 Å². The Bertz CT molecular complexity index is 2540. The molecular weight excluding hydrogens is 597 g/mol. The Morgan fingerprint density at radius 3 is 1.39 bits per heavy atom. The third-order valence-corrected chi connectivity index (χ3v) is 9.21. The van der Waals surface area contributed by atoms with Crippen molar-refractivity contribution in [2.45, 2.75) is 0 Å². The van der Waals surface area contributed by atoms with E-state index in [1.165, 1.54) is 21.5 Å². The molecule has 49 heavy (non-hydrogen) atoms. The van der Waals surface area contributed by atoms with Crippen molar-refractivity contribution in [3.63, 3.8) is 0 Å². The first kappa shape index (κ1) is 28.6. The van der Waals surface area contributed by atoms with Gasteiger partial charge in [-0.15, -0.1) is 0 Å².